The molecule has 4 rings (SSSR count). The third-order valence-electron chi connectivity index (χ3n) is 6.05. The summed E-state index contributed by atoms with van der Waals surface area (Å²) in [7, 11) is 3.20. The van der Waals surface area contributed by atoms with E-state index < -0.39 is 0 Å². The molecule has 1 amide bonds. The van der Waals surface area contributed by atoms with Gasteiger partial charge in [-0.25, -0.2) is 9.97 Å². The van der Waals surface area contributed by atoms with Gasteiger partial charge in [0.1, 0.15) is 9.88 Å². The molecule has 0 bridgehead atoms. The molecule has 184 valence electrons. The summed E-state index contributed by atoms with van der Waals surface area (Å²) in [5, 5.41) is 3.78. The molecule has 0 unspecified atom stereocenters. The number of nitrogens with one attached hydrogen (secondary N) is 1. The molecule has 0 aliphatic heterocycles. The van der Waals surface area contributed by atoms with Crippen molar-refractivity contribution in [2.24, 2.45) is 0 Å². The fourth-order valence-electron chi connectivity index (χ4n) is 4.04. The van der Waals surface area contributed by atoms with Crippen molar-refractivity contribution in [3.63, 3.8) is 0 Å². The lowest BCUT2D eigenvalue weighted by Gasteiger charge is -2.19. The highest BCUT2D eigenvalue weighted by atomic mass is 32.1. The highest BCUT2D eigenvalue weighted by molar-refractivity contribution is 7.17. The first-order valence-corrected chi connectivity index (χ1v) is 12.5. The summed E-state index contributed by atoms with van der Waals surface area (Å²) >= 11 is 1.35. The molecule has 0 fully saturated rings. The van der Waals surface area contributed by atoms with Crippen LogP contribution in [0.5, 0.6) is 11.5 Å². The van der Waals surface area contributed by atoms with E-state index in [1.165, 1.54) is 11.3 Å². The SMILES string of the molecule is CCN(CC)CCn1c(NC(=O)c2sc(-c3ccc(OC)c(OC)c3)nc2C)nc2ccccc21. The highest BCUT2D eigenvalue weighted by Gasteiger charge is 2.20. The predicted molar refractivity (Wildman–Crippen MR) is 141 cm³/mol. The molecule has 2 heterocycles. The van der Waals surface area contributed by atoms with Gasteiger partial charge in [-0.15, -0.1) is 11.3 Å². The average Bonchev–Trinajstić information content (AvgIpc) is 3.44. The number of thiazole rings is 1. The van der Waals surface area contributed by atoms with Gasteiger partial charge in [0.2, 0.25) is 5.95 Å². The summed E-state index contributed by atoms with van der Waals surface area (Å²) in [6.45, 7) is 9.71. The van der Waals surface area contributed by atoms with Crippen LogP contribution >= 0.6 is 11.3 Å². The second-order valence-corrected chi connectivity index (χ2v) is 9.06. The van der Waals surface area contributed by atoms with Crippen molar-refractivity contribution in [1.82, 2.24) is 19.4 Å². The van der Waals surface area contributed by atoms with Crippen molar-refractivity contribution in [3.05, 3.63) is 53.0 Å². The van der Waals surface area contributed by atoms with Crippen LogP contribution in [-0.2, 0) is 6.54 Å². The second kappa shape index (κ2) is 10.9. The Labute approximate surface area is 209 Å². The number of amides is 1. The van der Waals surface area contributed by atoms with E-state index in [-0.39, 0.29) is 5.91 Å². The van der Waals surface area contributed by atoms with Gasteiger partial charge in [0, 0.05) is 18.7 Å². The summed E-state index contributed by atoms with van der Waals surface area (Å²) in [5.74, 6) is 1.59. The standard InChI is InChI=1S/C26H31N5O3S/c1-6-30(7-2)14-15-31-20-11-9-8-10-19(20)28-26(31)29-24(32)23-17(3)27-25(35-23)18-12-13-21(33-4)22(16-18)34-5/h8-13,16H,6-7,14-15H2,1-5H3,(H,28,29,32). The van der Waals surface area contributed by atoms with Gasteiger partial charge >= 0.3 is 0 Å². The molecule has 0 saturated carbocycles. The van der Waals surface area contributed by atoms with Gasteiger partial charge in [-0.3, -0.25) is 10.1 Å². The van der Waals surface area contributed by atoms with Crippen LogP contribution in [0.1, 0.15) is 29.2 Å². The second-order valence-electron chi connectivity index (χ2n) is 8.06. The number of benzene rings is 2. The van der Waals surface area contributed by atoms with Crippen LogP contribution in [0, 0.1) is 6.92 Å². The van der Waals surface area contributed by atoms with Crippen LogP contribution in [0.25, 0.3) is 21.6 Å². The number of aromatic nitrogens is 3. The number of likely N-dealkylation sites (N-methyl/N-ethyl adjacent to an activating group) is 1. The Morgan fingerprint density at radius 3 is 2.51 bits per heavy atom. The van der Waals surface area contributed by atoms with Gasteiger partial charge in [-0.2, -0.15) is 0 Å². The van der Waals surface area contributed by atoms with Crippen molar-refractivity contribution in [1.29, 1.82) is 0 Å². The molecule has 9 heteroatoms. The Kier molecular flexibility index (Phi) is 7.67. The minimum absolute atomic E-state index is 0.217. The Morgan fingerprint density at radius 1 is 1.06 bits per heavy atom. The first-order chi connectivity index (χ1) is 17.0. The van der Waals surface area contributed by atoms with E-state index in [2.05, 4.69) is 33.6 Å². The van der Waals surface area contributed by atoms with Crippen LogP contribution in [0.15, 0.2) is 42.5 Å². The first kappa shape index (κ1) is 24.7. The van der Waals surface area contributed by atoms with Gasteiger partial charge < -0.3 is 18.9 Å². The van der Waals surface area contributed by atoms with Crippen LogP contribution in [0.2, 0.25) is 0 Å². The van der Waals surface area contributed by atoms with Crippen LogP contribution < -0.4 is 14.8 Å². The number of methoxy groups -OCH3 is 2. The third-order valence-corrected chi connectivity index (χ3v) is 7.25. The zero-order chi connectivity index (χ0) is 24.9. The molecule has 8 nitrogen and oxygen atoms in total. The molecule has 1 N–H and O–H groups in total. The molecule has 35 heavy (non-hydrogen) atoms. The number of aryl methyl sites for hydroxylation is 1. The van der Waals surface area contributed by atoms with Crippen LogP contribution in [-0.4, -0.2) is 59.2 Å². The summed E-state index contributed by atoms with van der Waals surface area (Å²) < 4.78 is 12.8. The number of hydrogen-bond acceptors (Lipinski definition) is 7. The number of nitrogens with zero attached hydrogens (tertiary/aromatic N) is 4. The number of carbonyl (C=O) groups is 1. The Hall–Kier alpha value is -3.43. The Morgan fingerprint density at radius 2 is 1.80 bits per heavy atom. The van der Waals surface area contributed by atoms with E-state index in [1.807, 2.05) is 49.4 Å². The van der Waals surface area contributed by atoms with Gasteiger partial charge in [-0.1, -0.05) is 26.0 Å². The monoisotopic (exact) mass is 493 g/mol. The quantitative estimate of drug-likeness (QED) is 0.332. The number of hydrogen-bond donors (Lipinski definition) is 1. The van der Waals surface area contributed by atoms with Crippen molar-refractivity contribution < 1.29 is 14.3 Å². The predicted octanol–water partition coefficient (Wildman–Crippen LogP) is 5.08. The molecule has 0 aliphatic carbocycles. The number of rotatable bonds is 10. The summed E-state index contributed by atoms with van der Waals surface area (Å²) in [6, 6.07) is 13.6. The molecule has 2 aromatic carbocycles. The van der Waals surface area contributed by atoms with E-state index in [1.54, 1.807) is 14.2 Å². The van der Waals surface area contributed by atoms with Gasteiger partial charge in [-0.05, 0) is 50.3 Å². The van der Waals surface area contributed by atoms with E-state index >= 15 is 0 Å². The molecule has 2 aromatic heterocycles. The maximum Gasteiger partial charge on any atom is 0.269 e. The maximum atomic E-state index is 13.3. The highest BCUT2D eigenvalue weighted by Crippen LogP contribution is 2.35. The van der Waals surface area contributed by atoms with Gasteiger partial charge in [0.05, 0.1) is 30.9 Å². The van der Waals surface area contributed by atoms with E-state index in [0.717, 1.165) is 47.8 Å². The number of ether oxygens (including phenoxy) is 2. The maximum absolute atomic E-state index is 13.3. The average molecular weight is 494 g/mol. The molecule has 0 radical (unpaired) electrons. The molecular formula is C26H31N5O3S. The summed E-state index contributed by atoms with van der Waals surface area (Å²) in [4.78, 5) is 25.6. The zero-order valence-corrected chi connectivity index (χ0v) is 21.6. The van der Waals surface area contributed by atoms with Crippen molar-refractivity contribution in [2.75, 3.05) is 39.2 Å². The van der Waals surface area contributed by atoms with Crippen molar-refractivity contribution in [3.8, 4) is 22.1 Å². The van der Waals surface area contributed by atoms with E-state index in [4.69, 9.17) is 14.5 Å². The summed E-state index contributed by atoms with van der Waals surface area (Å²) in [6.07, 6.45) is 0. The number of anilines is 1. The minimum atomic E-state index is -0.217. The first-order valence-electron chi connectivity index (χ1n) is 11.7. The van der Waals surface area contributed by atoms with Gasteiger partial charge in [0.25, 0.3) is 5.91 Å². The minimum Gasteiger partial charge on any atom is -0.493 e. The molecule has 4 aromatic rings. The largest absolute Gasteiger partial charge is 0.493 e. The van der Waals surface area contributed by atoms with Crippen molar-refractivity contribution >= 4 is 34.2 Å². The molecule has 0 aliphatic rings. The topological polar surface area (TPSA) is 81.5 Å². The number of carbonyl (C=O) groups excluding carboxylic acids is 1. The van der Waals surface area contributed by atoms with Crippen LogP contribution in [0.3, 0.4) is 0 Å². The lowest BCUT2D eigenvalue weighted by molar-refractivity contribution is 0.102. The lowest BCUT2D eigenvalue weighted by Crippen LogP contribution is -2.27. The Balaban J connectivity index is 1.61. The summed E-state index contributed by atoms with van der Waals surface area (Å²) in [5.41, 5.74) is 3.39. The van der Waals surface area contributed by atoms with Crippen molar-refractivity contribution in [2.45, 2.75) is 27.3 Å². The fourth-order valence-corrected chi connectivity index (χ4v) is 4.99. The third kappa shape index (κ3) is 5.16. The molecule has 0 spiro atoms. The van der Waals surface area contributed by atoms with E-state index in [9.17, 15) is 4.79 Å². The number of fused-ring (bicyclic) bond motifs is 1. The Bertz CT molecular complexity index is 1330. The van der Waals surface area contributed by atoms with Gasteiger partial charge in [0.15, 0.2) is 11.5 Å². The molecule has 0 atom stereocenters. The zero-order valence-electron chi connectivity index (χ0n) is 20.8. The molecule has 0 saturated heterocycles. The van der Waals surface area contributed by atoms with Crippen LogP contribution in [0.4, 0.5) is 5.95 Å². The normalized spacial score (nSPS) is 11.3. The lowest BCUT2D eigenvalue weighted by atomic mass is 10.2. The number of para-hydroxylation sites is 2. The smallest absolute Gasteiger partial charge is 0.269 e. The number of imidazole rings is 1. The molecular weight excluding hydrogens is 462 g/mol. The van der Waals surface area contributed by atoms with E-state index in [0.29, 0.717) is 28.0 Å². The fraction of sp³-hybridized carbons (Fsp3) is 0.346.